The third kappa shape index (κ3) is 6.86. The molecule has 0 aromatic rings. The molecule has 0 spiro atoms. The van der Waals surface area contributed by atoms with Gasteiger partial charge in [0.25, 0.3) is 0 Å². The number of hydrogen-bond acceptors (Lipinski definition) is 4. The molecule has 0 radical (unpaired) electrons. The van der Waals surface area contributed by atoms with Crippen molar-refractivity contribution in [3.05, 3.63) is 0 Å². The Morgan fingerprint density at radius 2 is 2.14 bits per heavy atom. The van der Waals surface area contributed by atoms with Crippen LogP contribution in [0, 0.1) is 0 Å². The van der Waals surface area contributed by atoms with Crippen LogP contribution < -0.4 is 5.32 Å². The number of aliphatic hydroxyl groups is 1. The maximum absolute atomic E-state index is 11.1. The van der Waals surface area contributed by atoms with Crippen LogP contribution in [0.15, 0.2) is 0 Å². The zero-order valence-corrected chi connectivity index (χ0v) is 9.46. The van der Waals surface area contributed by atoms with Crippen molar-refractivity contribution in [2.75, 3.05) is 13.1 Å². The zero-order chi connectivity index (χ0) is 11.2. The Balaban J connectivity index is 3.59. The van der Waals surface area contributed by atoms with Gasteiger partial charge in [-0.05, 0) is 27.2 Å². The maximum Gasteiger partial charge on any atom is 0.320 e. The number of ether oxygens (including phenoxy) is 1. The summed E-state index contributed by atoms with van der Waals surface area (Å²) < 4.78 is 4.92. The Morgan fingerprint density at radius 1 is 1.57 bits per heavy atom. The fourth-order valence-electron chi connectivity index (χ4n) is 0.863. The number of carbonyl (C=O) groups is 1. The number of carbonyl (C=O) groups excluding carboxylic acids is 1. The Kier molecular flexibility index (Phi) is 5.72. The molecule has 0 aliphatic carbocycles. The first-order chi connectivity index (χ1) is 6.37. The van der Waals surface area contributed by atoms with Gasteiger partial charge in [0.2, 0.25) is 0 Å². The molecular weight excluding hydrogens is 182 g/mol. The van der Waals surface area contributed by atoms with Crippen LogP contribution in [-0.4, -0.2) is 35.9 Å². The van der Waals surface area contributed by atoms with Gasteiger partial charge in [-0.15, -0.1) is 0 Å². The molecule has 4 nitrogen and oxygen atoms in total. The summed E-state index contributed by atoms with van der Waals surface area (Å²) in [5, 5.41) is 12.5. The minimum atomic E-state index is -0.752. The summed E-state index contributed by atoms with van der Waals surface area (Å²) in [5.41, 5.74) is -0.752. The van der Waals surface area contributed by atoms with E-state index in [4.69, 9.17) is 4.74 Å². The lowest BCUT2D eigenvalue weighted by Crippen LogP contribution is -2.39. The van der Waals surface area contributed by atoms with E-state index in [9.17, 15) is 9.90 Å². The monoisotopic (exact) mass is 203 g/mol. The first kappa shape index (κ1) is 13.4. The smallest absolute Gasteiger partial charge is 0.320 e. The fraction of sp³-hybridized carbons (Fsp3) is 0.900. The van der Waals surface area contributed by atoms with Crippen molar-refractivity contribution in [2.45, 2.75) is 45.8 Å². The minimum Gasteiger partial charge on any atom is -0.462 e. The van der Waals surface area contributed by atoms with Gasteiger partial charge in [0.15, 0.2) is 0 Å². The lowest BCUT2D eigenvalue weighted by Gasteiger charge is -2.21. The molecule has 0 heterocycles. The van der Waals surface area contributed by atoms with Gasteiger partial charge in [0, 0.05) is 6.54 Å². The predicted molar refractivity (Wildman–Crippen MR) is 55.0 cm³/mol. The zero-order valence-electron chi connectivity index (χ0n) is 9.46. The van der Waals surface area contributed by atoms with Gasteiger partial charge in [-0.25, -0.2) is 0 Å². The Labute approximate surface area is 85.6 Å². The first-order valence-electron chi connectivity index (χ1n) is 5.00. The highest BCUT2D eigenvalue weighted by Gasteiger charge is 2.17. The van der Waals surface area contributed by atoms with E-state index in [1.54, 1.807) is 20.8 Å². The average molecular weight is 203 g/mol. The van der Waals surface area contributed by atoms with E-state index in [0.29, 0.717) is 13.0 Å². The Morgan fingerprint density at radius 3 is 2.57 bits per heavy atom. The van der Waals surface area contributed by atoms with E-state index in [1.165, 1.54) is 0 Å². The number of hydrogen-bond donors (Lipinski definition) is 2. The molecule has 0 amide bonds. The highest BCUT2D eigenvalue weighted by molar-refractivity contribution is 5.71. The van der Waals surface area contributed by atoms with Crippen molar-refractivity contribution >= 4 is 5.97 Å². The Bertz CT molecular complexity index is 178. The Hall–Kier alpha value is -0.610. The summed E-state index contributed by atoms with van der Waals surface area (Å²) in [7, 11) is 0. The third-order valence-corrected chi connectivity index (χ3v) is 1.90. The fourth-order valence-corrected chi connectivity index (χ4v) is 0.863. The molecule has 2 N–H and O–H groups in total. The van der Waals surface area contributed by atoms with Crippen LogP contribution in [0.4, 0.5) is 0 Å². The second-order valence-corrected chi connectivity index (χ2v) is 3.99. The molecule has 0 aromatic carbocycles. The van der Waals surface area contributed by atoms with Crippen molar-refractivity contribution in [1.29, 1.82) is 0 Å². The molecule has 14 heavy (non-hydrogen) atoms. The van der Waals surface area contributed by atoms with Crippen molar-refractivity contribution in [3.8, 4) is 0 Å². The molecule has 0 aliphatic rings. The van der Waals surface area contributed by atoms with Crippen molar-refractivity contribution < 1.29 is 14.6 Å². The maximum atomic E-state index is 11.1. The highest BCUT2D eigenvalue weighted by atomic mass is 16.5. The number of esters is 1. The van der Waals surface area contributed by atoms with Gasteiger partial charge in [-0.1, -0.05) is 6.92 Å². The van der Waals surface area contributed by atoms with Gasteiger partial charge >= 0.3 is 5.97 Å². The normalized spacial score (nSPS) is 15.3. The summed E-state index contributed by atoms with van der Waals surface area (Å²) in [4.78, 5) is 11.1. The first-order valence-corrected chi connectivity index (χ1v) is 5.00. The van der Waals surface area contributed by atoms with Crippen LogP contribution in [-0.2, 0) is 9.53 Å². The van der Waals surface area contributed by atoms with E-state index in [0.717, 1.165) is 0 Å². The quantitative estimate of drug-likeness (QED) is 0.624. The lowest BCUT2D eigenvalue weighted by molar-refractivity contribution is -0.146. The largest absolute Gasteiger partial charge is 0.462 e. The van der Waals surface area contributed by atoms with E-state index in [2.05, 4.69) is 5.32 Å². The summed E-state index contributed by atoms with van der Waals surface area (Å²) in [6.07, 6.45) is 0.565. The van der Waals surface area contributed by atoms with Gasteiger partial charge in [-0.2, -0.15) is 0 Å². The highest BCUT2D eigenvalue weighted by Crippen LogP contribution is 2.05. The molecule has 1 unspecified atom stereocenters. The minimum absolute atomic E-state index is 0.0871. The van der Waals surface area contributed by atoms with Crippen molar-refractivity contribution in [3.63, 3.8) is 0 Å². The SMILES string of the molecule is CCC(C)(O)CNCC(=O)OC(C)C. The van der Waals surface area contributed by atoms with Crippen molar-refractivity contribution in [1.82, 2.24) is 5.32 Å². The summed E-state index contributed by atoms with van der Waals surface area (Å²) in [5.74, 6) is -0.285. The van der Waals surface area contributed by atoms with Crippen LogP contribution in [0.2, 0.25) is 0 Å². The molecule has 0 bridgehead atoms. The van der Waals surface area contributed by atoms with E-state index < -0.39 is 5.60 Å². The standard InChI is InChI=1S/C10H21NO3/c1-5-10(4,13)7-11-6-9(12)14-8(2)3/h8,11,13H,5-7H2,1-4H3. The second kappa shape index (κ2) is 5.98. The molecule has 0 aromatic heterocycles. The number of nitrogens with one attached hydrogen (secondary N) is 1. The number of rotatable bonds is 6. The topological polar surface area (TPSA) is 58.6 Å². The van der Waals surface area contributed by atoms with Gasteiger partial charge in [-0.3, -0.25) is 4.79 Å². The molecule has 0 rings (SSSR count). The van der Waals surface area contributed by atoms with Gasteiger partial charge in [0.1, 0.15) is 0 Å². The summed E-state index contributed by atoms with van der Waals surface area (Å²) in [6.45, 7) is 7.78. The van der Waals surface area contributed by atoms with E-state index >= 15 is 0 Å². The second-order valence-electron chi connectivity index (χ2n) is 3.99. The van der Waals surface area contributed by atoms with Crippen LogP contribution in [0.25, 0.3) is 0 Å². The van der Waals surface area contributed by atoms with E-state index in [-0.39, 0.29) is 18.6 Å². The summed E-state index contributed by atoms with van der Waals surface area (Å²) >= 11 is 0. The summed E-state index contributed by atoms with van der Waals surface area (Å²) in [6, 6.07) is 0. The molecular formula is C10H21NO3. The molecule has 4 heteroatoms. The lowest BCUT2D eigenvalue weighted by atomic mass is 10.0. The van der Waals surface area contributed by atoms with Crippen LogP contribution in [0.1, 0.15) is 34.1 Å². The van der Waals surface area contributed by atoms with Crippen LogP contribution in [0.5, 0.6) is 0 Å². The predicted octanol–water partition coefficient (Wildman–Crippen LogP) is 0.689. The van der Waals surface area contributed by atoms with E-state index in [1.807, 2.05) is 6.92 Å². The third-order valence-electron chi connectivity index (χ3n) is 1.90. The van der Waals surface area contributed by atoms with Crippen LogP contribution in [0.3, 0.4) is 0 Å². The van der Waals surface area contributed by atoms with Gasteiger partial charge < -0.3 is 15.2 Å². The molecule has 0 saturated heterocycles. The molecule has 0 saturated carbocycles. The average Bonchev–Trinajstić information content (AvgIpc) is 2.02. The van der Waals surface area contributed by atoms with Crippen molar-refractivity contribution in [2.24, 2.45) is 0 Å². The molecule has 0 aliphatic heterocycles. The molecule has 84 valence electrons. The molecule has 1 atom stereocenters. The van der Waals surface area contributed by atoms with Gasteiger partial charge in [0.05, 0.1) is 18.2 Å². The molecule has 0 fully saturated rings. The van der Waals surface area contributed by atoms with Crippen LogP contribution >= 0.6 is 0 Å².